The van der Waals surface area contributed by atoms with Gasteiger partial charge in [0.05, 0.1) is 17.4 Å². The van der Waals surface area contributed by atoms with Gasteiger partial charge in [0, 0.05) is 19.5 Å². The minimum absolute atomic E-state index is 0.0235. The van der Waals surface area contributed by atoms with Crippen LogP contribution in [0.15, 0.2) is 36.5 Å². The predicted molar refractivity (Wildman–Crippen MR) is 91.5 cm³/mol. The normalized spacial score (nSPS) is 12.0. The minimum atomic E-state index is -4.61. The molecule has 4 rings (SSSR count). The molecule has 3 heterocycles. The molecule has 0 saturated carbocycles. The predicted octanol–water partition coefficient (Wildman–Crippen LogP) is 3.02. The molecule has 0 bridgehead atoms. The molecule has 0 radical (unpaired) electrons. The number of alkyl halides is 3. The first-order valence-corrected chi connectivity index (χ1v) is 7.87. The fourth-order valence-electron chi connectivity index (χ4n) is 2.77. The molecule has 1 aromatic carbocycles. The maximum atomic E-state index is 13.1. The van der Waals surface area contributed by atoms with E-state index in [9.17, 15) is 18.0 Å². The van der Waals surface area contributed by atoms with Gasteiger partial charge in [-0.15, -0.1) is 0 Å². The number of aromatic nitrogens is 5. The van der Waals surface area contributed by atoms with Gasteiger partial charge in [0.2, 0.25) is 5.82 Å². The third-order valence-corrected chi connectivity index (χ3v) is 4.07. The Morgan fingerprint density at radius 1 is 1.15 bits per heavy atom. The highest BCUT2D eigenvalue weighted by Crippen LogP contribution is 2.30. The number of nitrogens with one attached hydrogen (secondary N) is 1. The second kappa shape index (κ2) is 5.79. The van der Waals surface area contributed by atoms with E-state index in [1.807, 2.05) is 0 Å². The summed E-state index contributed by atoms with van der Waals surface area (Å²) in [4.78, 5) is 21.8. The molecule has 0 aliphatic heterocycles. The summed E-state index contributed by atoms with van der Waals surface area (Å²) < 4.78 is 40.7. The number of hydrogen-bond acceptors (Lipinski definition) is 4. The summed E-state index contributed by atoms with van der Waals surface area (Å²) in [5, 5.41) is 7.47. The molecular weight excluding hydrogens is 361 g/mol. The van der Waals surface area contributed by atoms with Crippen molar-refractivity contribution in [2.75, 3.05) is 14.1 Å². The lowest BCUT2D eigenvalue weighted by Crippen LogP contribution is -2.25. The van der Waals surface area contributed by atoms with Crippen LogP contribution in [0.25, 0.3) is 27.8 Å². The molecule has 1 N–H and O–H groups in total. The maximum absolute atomic E-state index is 13.1. The summed E-state index contributed by atoms with van der Waals surface area (Å²) in [6, 6.07) is 7.15. The first-order chi connectivity index (χ1) is 12.8. The number of hydrogen-bond donors (Lipinski definition) is 1. The van der Waals surface area contributed by atoms with Gasteiger partial charge in [-0.3, -0.25) is 14.5 Å². The summed E-state index contributed by atoms with van der Waals surface area (Å²) in [7, 11) is 3.08. The summed E-state index contributed by atoms with van der Waals surface area (Å²) in [6.07, 6.45) is -3.02. The maximum Gasteiger partial charge on any atom is 0.433 e. The zero-order chi connectivity index (χ0) is 19.3. The number of benzene rings is 1. The monoisotopic (exact) mass is 374 g/mol. The van der Waals surface area contributed by atoms with Crippen LogP contribution in [-0.4, -0.2) is 49.6 Å². The van der Waals surface area contributed by atoms with Gasteiger partial charge >= 0.3 is 6.18 Å². The molecule has 0 spiro atoms. The Bertz CT molecular complexity index is 1170. The van der Waals surface area contributed by atoms with Crippen molar-refractivity contribution in [2.24, 2.45) is 0 Å². The van der Waals surface area contributed by atoms with Crippen LogP contribution in [0, 0.1) is 0 Å². The van der Waals surface area contributed by atoms with Gasteiger partial charge < -0.3 is 4.90 Å². The third-order valence-electron chi connectivity index (χ3n) is 4.07. The summed E-state index contributed by atoms with van der Waals surface area (Å²) in [6.45, 7) is 0. The van der Waals surface area contributed by atoms with E-state index in [2.05, 4.69) is 20.2 Å². The van der Waals surface area contributed by atoms with E-state index >= 15 is 0 Å². The van der Waals surface area contributed by atoms with Crippen molar-refractivity contribution in [3.8, 4) is 5.69 Å². The number of nitrogens with zero attached hydrogens (tertiary/aromatic N) is 5. The molecule has 0 unspecified atom stereocenters. The summed E-state index contributed by atoms with van der Waals surface area (Å²) in [5.74, 6) is -0.474. The molecule has 1 amide bonds. The van der Waals surface area contributed by atoms with Crippen molar-refractivity contribution < 1.29 is 18.0 Å². The number of rotatable bonds is 2. The summed E-state index contributed by atoms with van der Waals surface area (Å²) >= 11 is 0. The van der Waals surface area contributed by atoms with Crippen LogP contribution in [0.5, 0.6) is 0 Å². The second-order valence-corrected chi connectivity index (χ2v) is 6.15. The highest BCUT2D eigenvalue weighted by Gasteiger charge is 2.33. The van der Waals surface area contributed by atoms with Crippen LogP contribution in [0.2, 0.25) is 0 Å². The Labute approximate surface area is 150 Å². The number of halogens is 3. The van der Waals surface area contributed by atoms with Crippen molar-refractivity contribution >= 4 is 28.0 Å². The molecule has 138 valence electrons. The van der Waals surface area contributed by atoms with Crippen LogP contribution in [0.1, 0.15) is 16.3 Å². The molecule has 0 aliphatic rings. The number of fused-ring (bicyclic) bond motifs is 2. The van der Waals surface area contributed by atoms with E-state index in [1.54, 1.807) is 38.5 Å². The second-order valence-electron chi connectivity index (χ2n) is 6.15. The number of carbonyl (C=O) groups excluding carboxylic acids is 1. The molecular formula is C17H13F3N6O. The first-order valence-electron chi connectivity index (χ1n) is 7.87. The van der Waals surface area contributed by atoms with E-state index in [-0.39, 0.29) is 17.0 Å². The van der Waals surface area contributed by atoms with Gasteiger partial charge in [-0.25, -0.2) is 9.97 Å². The van der Waals surface area contributed by atoms with E-state index in [4.69, 9.17) is 0 Å². The number of amides is 1. The number of aromatic amines is 1. The molecule has 10 heteroatoms. The van der Waals surface area contributed by atoms with Crippen molar-refractivity contribution in [2.45, 2.75) is 6.18 Å². The topological polar surface area (TPSA) is 79.7 Å². The molecule has 27 heavy (non-hydrogen) atoms. The van der Waals surface area contributed by atoms with Gasteiger partial charge in [-0.05, 0) is 30.3 Å². The Morgan fingerprint density at radius 3 is 2.63 bits per heavy atom. The minimum Gasteiger partial charge on any atom is -0.342 e. The quantitative estimate of drug-likeness (QED) is 0.585. The van der Waals surface area contributed by atoms with E-state index in [1.165, 1.54) is 15.5 Å². The van der Waals surface area contributed by atoms with Crippen molar-refractivity contribution in [3.63, 3.8) is 0 Å². The van der Waals surface area contributed by atoms with Gasteiger partial charge in [-0.1, -0.05) is 0 Å². The highest BCUT2D eigenvalue weighted by atomic mass is 19.4. The fourth-order valence-corrected chi connectivity index (χ4v) is 2.77. The van der Waals surface area contributed by atoms with Crippen LogP contribution in [0.4, 0.5) is 13.2 Å². The third kappa shape index (κ3) is 2.78. The van der Waals surface area contributed by atoms with E-state index < -0.39 is 17.8 Å². The fraction of sp³-hybridized carbons (Fsp3) is 0.176. The summed E-state index contributed by atoms with van der Waals surface area (Å²) in [5.41, 5.74) is 0.318. The average molecular weight is 374 g/mol. The van der Waals surface area contributed by atoms with Crippen LogP contribution in [-0.2, 0) is 6.18 Å². The number of H-pyrrole nitrogens is 1. The molecule has 0 atom stereocenters. The largest absolute Gasteiger partial charge is 0.433 e. The molecule has 7 nitrogen and oxygen atoms in total. The lowest BCUT2D eigenvalue weighted by Gasteiger charge is -2.13. The Balaban J connectivity index is 2.04. The molecule has 0 fully saturated rings. The molecule has 3 aromatic heterocycles. The standard InChI is InChI=1S/C17H13F3N6O/c1-25(2)16(27)15-22-12-5-6-13(17(18,19)20)23-14(12)26(15)10-3-4-11-9(7-10)8-21-24-11/h3-8H,1-2H3,(H,21,24). The molecule has 0 aliphatic carbocycles. The van der Waals surface area contributed by atoms with Gasteiger partial charge in [0.15, 0.2) is 5.65 Å². The SMILES string of the molecule is CN(C)C(=O)c1nc2ccc(C(F)(F)F)nc2n1-c1ccc2[nH]ncc2c1. The first kappa shape index (κ1) is 17.0. The Hall–Kier alpha value is -3.43. The average Bonchev–Trinajstić information content (AvgIpc) is 3.22. The zero-order valence-electron chi connectivity index (χ0n) is 14.2. The van der Waals surface area contributed by atoms with Gasteiger partial charge in [-0.2, -0.15) is 18.3 Å². The van der Waals surface area contributed by atoms with E-state index in [0.29, 0.717) is 5.69 Å². The van der Waals surface area contributed by atoms with Crippen molar-refractivity contribution in [1.29, 1.82) is 0 Å². The number of imidazole rings is 1. The van der Waals surface area contributed by atoms with Gasteiger partial charge in [0.25, 0.3) is 5.91 Å². The van der Waals surface area contributed by atoms with Crippen LogP contribution < -0.4 is 0 Å². The smallest absolute Gasteiger partial charge is 0.342 e. The van der Waals surface area contributed by atoms with Crippen molar-refractivity contribution in [3.05, 3.63) is 48.0 Å². The highest BCUT2D eigenvalue weighted by molar-refractivity contribution is 5.95. The number of pyridine rings is 1. The van der Waals surface area contributed by atoms with E-state index in [0.717, 1.165) is 17.0 Å². The number of carbonyl (C=O) groups is 1. The lowest BCUT2D eigenvalue weighted by atomic mass is 10.2. The Kier molecular flexibility index (Phi) is 3.65. The lowest BCUT2D eigenvalue weighted by molar-refractivity contribution is -0.141. The van der Waals surface area contributed by atoms with Crippen LogP contribution in [0.3, 0.4) is 0 Å². The van der Waals surface area contributed by atoms with Gasteiger partial charge in [0.1, 0.15) is 11.2 Å². The zero-order valence-corrected chi connectivity index (χ0v) is 14.2. The molecule has 4 aromatic rings. The van der Waals surface area contributed by atoms with Crippen LogP contribution >= 0.6 is 0 Å². The Morgan fingerprint density at radius 2 is 1.93 bits per heavy atom. The molecule has 0 saturated heterocycles. The van der Waals surface area contributed by atoms with Crippen molar-refractivity contribution in [1.82, 2.24) is 29.6 Å².